The molecule has 0 aromatic carbocycles. The molecule has 17 heavy (non-hydrogen) atoms. The Morgan fingerprint density at radius 2 is 2.29 bits per heavy atom. The van der Waals surface area contributed by atoms with E-state index in [4.69, 9.17) is 15.7 Å². The summed E-state index contributed by atoms with van der Waals surface area (Å²) < 4.78 is 5.11. The molecule has 0 aliphatic heterocycles. The summed E-state index contributed by atoms with van der Waals surface area (Å²) in [6, 6.07) is 0. The number of nitrogens with one attached hydrogen (secondary N) is 1. The quantitative estimate of drug-likeness (QED) is 0.269. The molecule has 0 saturated carbocycles. The Morgan fingerprint density at radius 3 is 2.82 bits per heavy atom. The summed E-state index contributed by atoms with van der Waals surface area (Å²) in [5, 5.41) is 19.4. The van der Waals surface area contributed by atoms with E-state index < -0.39 is 4.92 Å². The Labute approximate surface area is 96.8 Å². The summed E-state index contributed by atoms with van der Waals surface area (Å²) in [6.07, 6.45) is 0.353. The van der Waals surface area contributed by atoms with Gasteiger partial charge >= 0.3 is 5.69 Å². The van der Waals surface area contributed by atoms with Crippen molar-refractivity contribution >= 4 is 11.6 Å². The lowest BCUT2D eigenvalue weighted by molar-refractivity contribution is -0.387. The van der Waals surface area contributed by atoms with E-state index in [1.807, 2.05) is 0 Å². The van der Waals surface area contributed by atoms with Gasteiger partial charge in [-0.25, -0.2) is 10.8 Å². The molecule has 0 spiro atoms. The van der Waals surface area contributed by atoms with E-state index in [1.54, 1.807) is 0 Å². The minimum Gasteiger partial charge on any atom is -0.473 e. The van der Waals surface area contributed by atoms with Gasteiger partial charge in [0.15, 0.2) is 0 Å². The van der Waals surface area contributed by atoms with Crippen LogP contribution >= 0.6 is 0 Å². The van der Waals surface area contributed by atoms with Gasteiger partial charge in [-0.1, -0.05) is 0 Å². The fourth-order valence-electron chi connectivity index (χ4n) is 1.15. The number of hydrazine groups is 1. The van der Waals surface area contributed by atoms with Crippen molar-refractivity contribution in [2.24, 2.45) is 5.84 Å². The molecule has 0 unspecified atom stereocenters. The maximum Gasteiger partial charge on any atom is 0.352 e. The molecule has 0 aliphatic carbocycles. The van der Waals surface area contributed by atoms with Crippen LogP contribution in [0.15, 0.2) is 0 Å². The maximum absolute atomic E-state index is 10.8. The summed E-state index contributed by atoms with van der Waals surface area (Å²) >= 11 is 0. The summed E-state index contributed by atoms with van der Waals surface area (Å²) in [4.78, 5) is 17.7. The molecule has 0 radical (unpaired) electrons. The van der Waals surface area contributed by atoms with Gasteiger partial charge in [-0.15, -0.1) is 0 Å². The molecule has 0 atom stereocenters. The zero-order valence-electron chi connectivity index (χ0n) is 9.21. The lowest BCUT2D eigenvalue weighted by atomic mass is 10.3. The average Bonchev–Trinajstić information content (AvgIpc) is 2.28. The predicted octanol–water partition coefficient (Wildman–Crippen LogP) is -0.260. The molecule has 4 N–H and O–H groups in total. The first-order valence-electron chi connectivity index (χ1n) is 4.83. The normalized spacial score (nSPS) is 10.1. The van der Waals surface area contributed by atoms with Gasteiger partial charge < -0.3 is 9.84 Å². The van der Waals surface area contributed by atoms with Crippen molar-refractivity contribution in [2.45, 2.75) is 13.3 Å². The number of aromatic nitrogens is 2. The number of rotatable bonds is 6. The highest BCUT2D eigenvalue weighted by molar-refractivity contribution is 5.48. The number of aliphatic hydroxyl groups is 1. The van der Waals surface area contributed by atoms with Crippen molar-refractivity contribution in [2.75, 3.05) is 18.6 Å². The van der Waals surface area contributed by atoms with E-state index in [2.05, 4.69) is 15.4 Å². The van der Waals surface area contributed by atoms with Gasteiger partial charge in [0.25, 0.3) is 5.88 Å². The monoisotopic (exact) mass is 243 g/mol. The largest absolute Gasteiger partial charge is 0.473 e. The first-order valence-corrected chi connectivity index (χ1v) is 4.83. The molecular formula is C8H13N5O4. The average molecular weight is 243 g/mol. The minimum absolute atomic E-state index is 0.0344. The Balaban J connectivity index is 3.04. The zero-order valence-corrected chi connectivity index (χ0v) is 9.21. The second kappa shape index (κ2) is 5.92. The summed E-state index contributed by atoms with van der Waals surface area (Å²) in [6.45, 7) is 1.51. The van der Waals surface area contributed by atoms with Crippen LogP contribution < -0.4 is 16.0 Å². The fraction of sp³-hybridized carbons (Fsp3) is 0.500. The summed E-state index contributed by atoms with van der Waals surface area (Å²) in [5.74, 6) is 5.00. The second-order valence-corrected chi connectivity index (χ2v) is 3.11. The third-order valence-corrected chi connectivity index (χ3v) is 1.88. The molecule has 1 aromatic heterocycles. The van der Waals surface area contributed by atoms with Crippen LogP contribution in [-0.4, -0.2) is 33.2 Å². The molecule has 0 aliphatic rings. The Morgan fingerprint density at radius 1 is 1.59 bits per heavy atom. The van der Waals surface area contributed by atoms with E-state index in [9.17, 15) is 10.1 Å². The van der Waals surface area contributed by atoms with Gasteiger partial charge in [-0.3, -0.25) is 15.5 Å². The Kier molecular flexibility index (Phi) is 4.55. The number of nitrogens with zero attached hydrogens (tertiary/aromatic N) is 3. The SMILES string of the molecule is Cc1nc(NN)nc(OCCCO)c1[N+](=O)[O-]. The van der Waals surface area contributed by atoms with Gasteiger partial charge in [0.05, 0.1) is 11.5 Å². The lowest BCUT2D eigenvalue weighted by Crippen LogP contribution is -2.14. The highest BCUT2D eigenvalue weighted by Gasteiger charge is 2.23. The van der Waals surface area contributed by atoms with Gasteiger partial charge in [0.1, 0.15) is 5.69 Å². The van der Waals surface area contributed by atoms with Crippen molar-refractivity contribution in [3.8, 4) is 5.88 Å². The van der Waals surface area contributed by atoms with E-state index in [1.165, 1.54) is 6.92 Å². The highest BCUT2D eigenvalue weighted by atomic mass is 16.6. The first kappa shape index (κ1) is 13.1. The third-order valence-electron chi connectivity index (χ3n) is 1.88. The Bertz CT molecular complexity index is 411. The number of nitrogens with two attached hydrogens (primary N) is 1. The molecule has 1 rings (SSSR count). The van der Waals surface area contributed by atoms with E-state index in [0.717, 1.165) is 0 Å². The van der Waals surface area contributed by atoms with Crippen LogP contribution in [0.1, 0.15) is 12.1 Å². The van der Waals surface area contributed by atoms with E-state index in [-0.39, 0.29) is 36.4 Å². The smallest absolute Gasteiger partial charge is 0.352 e. The molecular weight excluding hydrogens is 230 g/mol. The number of nitro groups is 1. The van der Waals surface area contributed by atoms with Gasteiger partial charge in [-0.05, 0) is 6.92 Å². The molecule has 1 aromatic rings. The van der Waals surface area contributed by atoms with Crippen LogP contribution in [0.2, 0.25) is 0 Å². The van der Waals surface area contributed by atoms with Gasteiger partial charge in [0, 0.05) is 13.0 Å². The second-order valence-electron chi connectivity index (χ2n) is 3.11. The van der Waals surface area contributed by atoms with Crippen LogP contribution in [0.5, 0.6) is 5.88 Å². The highest BCUT2D eigenvalue weighted by Crippen LogP contribution is 2.28. The third kappa shape index (κ3) is 3.23. The van der Waals surface area contributed by atoms with Crippen molar-refractivity contribution in [3.05, 3.63) is 15.8 Å². The van der Waals surface area contributed by atoms with Crippen molar-refractivity contribution in [1.82, 2.24) is 9.97 Å². The van der Waals surface area contributed by atoms with Gasteiger partial charge in [-0.2, -0.15) is 4.98 Å². The van der Waals surface area contributed by atoms with Crippen molar-refractivity contribution in [1.29, 1.82) is 0 Å². The minimum atomic E-state index is -0.621. The number of aryl methyl sites for hydroxylation is 1. The summed E-state index contributed by atoms with van der Waals surface area (Å²) in [5.41, 5.74) is 2.04. The topological polar surface area (TPSA) is 136 Å². The Hall–Kier alpha value is -2.00. The number of anilines is 1. The molecule has 94 valence electrons. The van der Waals surface area contributed by atoms with Crippen molar-refractivity contribution in [3.63, 3.8) is 0 Å². The van der Waals surface area contributed by atoms with Crippen LogP contribution in [0.3, 0.4) is 0 Å². The molecule has 1 heterocycles. The summed E-state index contributed by atoms with van der Waals surface area (Å²) in [7, 11) is 0. The van der Waals surface area contributed by atoms with Gasteiger partial charge in [0.2, 0.25) is 5.95 Å². The molecule has 9 heteroatoms. The number of ether oxygens (including phenoxy) is 1. The fourth-order valence-corrected chi connectivity index (χ4v) is 1.15. The lowest BCUT2D eigenvalue weighted by Gasteiger charge is -2.07. The van der Waals surface area contributed by atoms with E-state index >= 15 is 0 Å². The van der Waals surface area contributed by atoms with Crippen LogP contribution in [0.25, 0.3) is 0 Å². The van der Waals surface area contributed by atoms with Crippen molar-refractivity contribution < 1.29 is 14.8 Å². The maximum atomic E-state index is 10.8. The standard InChI is InChI=1S/C8H13N5O4/c1-5-6(13(15)16)7(17-4-2-3-14)11-8(10-5)12-9/h14H,2-4,9H2,1H3,(H,10,11,12). The van der Waals surface area contributed by atoms with E-state index in [0.29, 0.717) is 6.42 Å². The van der Waals surface area contributed by atoms with Crippen LogP contribution in [0.4, 0.5) is 11.6 Å². The number of nitrogen functional groups attached to an aromatic ring is 1. The number of aliphatic hydroxyl groups excluding tert-OH is 1. The van der Waals surface area contributed by atoms with Crippen LogP contribution in [0, 0.1) is 17.0 Å². The predicted molar refractivity (Wildman–Crippen MR) is 58.4 cm³/mol. The van der Waals surface area contributed by atoms with Crippen LogP contribution in [-0.2, 0) is 0 Å². The molecule has 0 amide bonds. The molecule has 0 fully saturated rings. The molecule has 9 nitrogen and oxygen atoms in total. The number of hydrogen-bond acceptors (Lipinski definition) is 8. The molecule has 0 saturated heterocycles. The first-order chi connectivity index (χ1) is 8.10. The molecule has 0 bridgehead atoms. The number of hydrogen-bond donors (Lipinski definition) is 3. The zero-order chi connectivity index (χ0) is 12.8.